The van der Waals surface area contributed by atoms with Gasteiger partial charge < -0.3 is 15.0 Å². The Morgan fingerprint density at radius 3 is 2.54 bits per heavy atom. The molecule has 0 saturated heterocycles. The van der Waals surface area contributed by atoms with Crippen LogP contribution in [0.3, 0.4) is 0 Å². The summed E-state index contributed by atoms with van der Waals surface area (Å²) in [6.07, 6.45) is 4.82. The molecule has 0 aliphatic rings. The number of nitrogens with zero attached hydrogens (tertiary/aromatic N) is 3. The van der Waals surface area contributed by atoms with Gasteiger partial charge in [-0.3, -0.25) is 9.78 Å². The van der Waals surface area contributed by atoms with Crippen molar-refractivity contribution in [2.24, 2.45) is 0 Å². The second-order valence-electron chi connectivity index (χ2n) is 6.61. The van der Waals surface area contributed by atoms with Crippen LogP contribution in [-0.4, -0.2) is 48.5 Å². The van der Waals surface area contributed by atoms with Crippen molar-refractivity contribution in [3.8, 4) is 5.75 Å². The van der Waals surface area contributed by atoms with Crippen molar-refractivity contribution in [3.63, 3.8) is 0 Å². The second kappa shape index (κ2) is 9.10. The van der Waals surface area contributed by atoms with Crippen molar-refractivity contribution in [1.29, 1.82) is 0 Å². The highest BCUT2D eigenvalue weighted by Gasteiger charge is 2.14. The van der Waals surface area contributed by atoms with E-state index < -0.39 is 0 Å². The quantitative estimate of drug-likeness (QED) is 0.642. The monoisotopic (exact) mass is 376 g/mol. The summed E-state index contributed by atoms with van der Waals surface area (Å²) in [5, 5.41) is 2.95. The summed E-state index contributed by atoms with van der Waals surface area (Å²) >= 11 is 0. The third-order valence-electron chi connectivity index (χ3n) is 4.47. The Morgan fingerprint density at radius 1 is 1.14 bits per heavy atom. The molecule has 2 aromatic carbocycles. The molecule has 1 amide bonds. The minimum Gasteiger partial charge on any atom is -0.497 e. The largest absolute Gasteiger partial charge is 0.497 e. The number of para-hydroxylation sites is 2. The number of carbonyl (C=O) groups is 1. The summed E-state index contributed by atoms with van der Waals surface area (Å²) in [6.45, 7) is 0.492. The van der Waals surface area contributed by atoms with Crippen LogP contribution in [0, 0.1) is 0 Å². The number of carbonyl (C=O) groups excluding carboxylic acids is 1. The fourth-order valence-corrected chi connectivity index (χ4v) is 2.89. The number of benzene rings is 2. The first-order valence-corrected chi connectivity index (χ1v) is 9.05. The molecule has 0 radical (unpaired) electrons. The Labute approximate surface area is 164 Å². The third kappa shape index (κ3) is 4.92. The van der Waals surface area contributed by atoms with Crippen molar-refractivity contribution in [2.45, 2.75) is 6.04 Å². The maximum Gasteiger partial charge on any atom is 0.244 e. The molecular formula is C22H24N4O2. The molecule has 6 nitrogen and oxygen atoms in total. The van der Waals surface area contributed by atoms with Gasteiger partial charge in [0.05, 0.1) is 36.1 Å². The van der Waals surface area contributed by atoms with E-state index in [9.17, 15) is 4.79 Å². The van der Waals surface area contributed by atoms with E-state index in [1.165, 1.54) is 6.08 Å². The lowest BCUT2D eigenvalue weighted by molar-refractivity contribution is -0.116. The molecule has 0 aliphatic heterocycles. The van der Waals surface area contributed by atoms with Crippen LogP contribution in [0.15, 0.2) is 60.8 Å². The molecule has 0 bridgehead atoms. The Bertz CT molecular complexity index is 968. The van der Waals surface area contributed by atoms with Crippen LogP contribution in [0.25, 0.3) is 17.1 Å². The molecule has 3 rings (SSSR count). The van der Waals surface area contributed by atoms with Gasteiger partial charge in [0.15, 0.2) is 0 Å². The molecule has 0 fully saturated rings. The fourth-order valence-electron chi connectivity index (χ4n) is 2.89. The normalized spacial score (nSPS) is 12.4. The third-order valence-corrected chi connectivity index (χ3v) is 4.47. The standard InChI is InChI=1S/C22H24N4O2/c1-26(2)21(16-8-11-18(28-3)12-9-16)15-24-22(27)13-10-17-14-23-19-6-4-5-7-20(19)25-17/h4-14,21H,15H2,1-3H3,(H,24,27)/b13-10+. The zero-order chi connectivity index (χ0) is 19.9. The summed E-state index contributed by atoms with van der Waals surface area (Å²) in [5.74, 6) is 0.639. The number of hydrogen-bond acceptors (Lipinski definition) is 5. The first-order valence-electron chi connectivity index (χ1n) is 9.05. The lowest BCUT2D eigenvalue weighted by Crippen LogP contribution is -2.33. The summed E-state index contributed by atoms with van der Waals surface area (Å²) in [5.41, 5.74) is 3.39. The Kier molecular flexibility index (Phi) is 6.34. The van der Waals surface area contributed by atoms with E-state index in [-0.39, 0.29) is 11.9 Å². The molecule has 0 aliphatic carbocycles. The number of fused-ring (bicyclic) bond motifs is 1. The van der Waals surface area contributed by atoms with Crippen LogP contribution >= 0.6 is 0 Å². The zero-order valence-electron chi connectivity index (χ0n) is 16.3. The average Bonchev–Trinajstić information content (AvgIpc) is 2.72. The predicted molar refractivity (Wildman–Crippen MR) is 111 cm³/mol. The van der Waals surface area contributed by atoms with E-state index in [0.29, 0.717) is 12.2 Å². The van der Waals surface area contributed by atoms with Crippen LogP contribution in [0.4, 0.5) is 0 Å². The minimum atomic E-state index is -0.171. The maximum absolute atomic E-state index is 12.3. The molecule has 1 heterocycles. The molecule has 1 aromatic heterocycles. The lowest BCUT2D eigenvalue weighted by atomic mass is 10.1. The number of nitrogens with one attached hydrogen (secondary N) is 1. The van der Waals surface area contributed by atoms with Crippen molar-refractivity contribution < 1.29 is 9.53 Å². The number of ether oxygens (including phenoxy) is 1. The topological polar surface area (TPSA) is 67.3 Å². The van der Waals surface area contributed by atoms with Crippen molar-refractivity contribution in [3.05, 3.63) is 72.1 Å². The zero-order valence-corrected chi connectivity index (χ0v) is 16.3. The summed E-state index contributed by atoms with van der Waals surface area (Å²) in [6, 6.07) is 15.6. The van der Waals surface area contributed by atoms with E-state index >= 15 is 0 Å². The van der Waals surface area contributed by atoms with Gasteiger partial charge in [-0.25, -0.2) is 4.98 Å². The highest BCUT2D eigenvalue weighted by Crippen LogP contribution is 2.20. The van der Waals surface area contributed by atoms with Crippen LogP contribution in [-0.2, 0) is 4.79 Å². The minimum absolute atomic E-state index is 0.0590. The summed E-state index contributed by atoms with van der Waals surface area (Å²) in [4.78, 5) is 23.2. The van der Waals surface area contributed by atoms with Gasteiger partial charge in [0.25, 0.3) is 0 Å². The summed E-state index contributed by atoms with van der Waals surface area (Å²) < 4.78 is 5.20. The molecule has 1 N–H and O–H groups in total. The Hall–Kier alpha value is -3.25. The molecule has 144 valence electrons. The van der Waals surface area contributed by atoms with Gasteiger partial charge in [-0.05, 0) is 50.0 Å². The SMILES string of the molecule is COc1ccc(C(CNC(=O)/C=C/c2cnc3ccccc3n2)N(C)C)cc1. The van der Waals surface area contributed by atoms with Gasteiger partial charge in [0.2, 0.25) is 5.91 Å². The van der Waals surface area contributed by atoms with Gasteiger partial charge in [-0.2, -0.15) is 0 Å². The molecule has 0 spiro atoms. The first kappa shape index (κ1) is 19.5. The average molecular weight is 376 g/mol. The van der Waals surface area contributed by atoms with E-state index in [2.05, 4.69) is 20.2 Å². The summed E-state index contributed by atoms with van der Waals surface area (Å²) in [7, 11) is 5.62. The molecule has 3 aromatic rings. The van der Waals surface area contributed by atoms with E-state index in [0.717, 1.165) is 22.3 Å². The van der Waals surface area contributed by atoms with E-state index in [4.69, 9.17) is 4.74 Å². The number of aromatic nitrogens is 2. The van der Waals surface area contributed by atoms with Crippen molar-refractivity contribution >= 4 is 23.0 Å². The molecule has 28 heavy (non-hydrogen) atoms. The highest BCUT2D eigenvalue weighted by molar-refractivity contribution is 5.91. The Morgan fingerprint density at radius 2 is 1.86 bits per heavy atom. The highest BCUT2D eigenvalue weighted by atomic mass is 16.5. The van der Waals surface area contributed by atoms with E-state index in [1.807, 2.05) is 62.6 Å². The maximum atomic E-state index is 12.3. The molecule has 1 unspecified atom stereocenters. The molecule has 1 atom stereocenters. The first-order chi connectivity index (χ1) is 13.6. The predicted octanol–water partition coefficient (Wildman–Crippen LogP) is 3.07. The van der Waals surface area contributed by atoms with Crippen molar-refractivity contribution in [1.82, 2.24) is 20.2 Å². The number of likely N-dealkylation sites (N-methyl/N-ethyl adjacent to an activating group) is 1. The smallest absolute Gasteiger partial charge is 0.244 e. The van der Waals surface area contributed by atoms with E-state index in [1.54, 1.807) is 19.4 Å². The van der Waals surface area contributed by atoms with Crippen LogP contribution < -0.4 is 10.1 Å². The molecule has 0 saturated carbocycles. The van der Waals surface area contributed by atoms with Crippen LogP contribution in [0.1, 0.15) is 17.3 Å². The van der Waals surface area contributed by atoms with Crippen molar-refractivity contribution in [2.75, 3.05) is 27.7 Å². The lowest BCUT2D eigenvalue weighted by Gasteiger charge is -2.25. The van der Waals surface area contributed by atoms with Gasteiger partial charge >= 0.3 is 0 Å². The van der Waals surface area contributed by atoms with Crippen LogP contribution in [0.2, 0.25) is 0 Å². The fraction of sp³-hybridized carbons (Fsp3) is 0.227. The molecule has 6 heteroatoms. The number of hydrogen-bond donors (Lipinski definition) is 1. The van der Waals surface area contributed by atoms with Gasteiger partial charge in [0.1, 0.15) is 5.75 Å². The number of amides is 1. The van der Waals surface area contributed by atoms with Gasteiger partial charge in [-0.15, -0.1) is 0 Å². The number of methoxy groups -OCH3 is 1. The number of rotatable bonds is 7. The van der Waals surface area contributed by atoms with Gasteiger partial charge in [-0.1, -0.05) is 24.3 Å². The molecular weight excluding hydrogens is 352 g/mol. The van der Waals surface area contributed by atoms with Gasteiger partial charge in [0, 0.05) is 12.6 Å². The Balaban J connectivity index is 1.62. The second-order valence-corrected chi connectivity index (χ2v) is 6.61. The van der Waals surface area contributed by atoms with Crippen LogP contribution in [0.5, 0.6) is 5.75 Å².